The van der Waals surface area contributed by atoms with Gasteiger partial charge in [0.15, 0.2) is 0 Å². The van der Waals surface area contributed by atoms with E-state index >= 15 is 0 Å². The normalized spacial score (nSPS) is 2.67. The third kappa shape index (κ3) is 155. The van der Waals surface area contributed by atoms with Crippen molar-refractivity contribution >= 4 is 77.4 Å². The van der Waals surface area contributed by atoms with Gasteiger partial charge in [-0.25, -0.2) is 0 Å². The SMILES string of the molecule is Cl.OBr.OBr.OBr.OBr. The second kappa shape index (κ2) is 196. The first-order valence-corrected chi connectivity index (χ1v) is 3.51. The smallest absolute Gasteiger partial charge is 0.0957 e. The van der Waals surface area contributed by atoms with Gasteiger partial charge in [-0.1, -0.05) is 0 Å². The van der Waals surface area contributed by atoms with Crippen LogP contribution in [0.4, 0.5) is 0 Å². The van der Waals surface area contributed by atoms with E-state index in [1.807, 2.05) is 65.0 Å². The summed E-state index contributed by atoms with van der Waals surface area (Å²) < 4.78 is 27.2. The van der Waals surface area contributed by atoms with Crippen molar-refractivity contribution in [3.8, 4) is 0 Å². The summed E-state index contributed by atoms with van der Waals surface area (Å²) in [6, 6.07) is 0. The summed E-state index contributed by atoms with van der Waals surface area (Å²) in [5.41, 5.74) is 0. The fraction of sp³-hybridized carbons (Fsp3) is 0. The number of halogens is 5. The molecule has 0 aliphatic rings. The second-order valence-corrected chi connectivity index (χ2v) is 0. The van der Waals surface area contributed by atoms with Crippen molar-refractivity contribution in [2.45, 2.75) is 0 Å². The van der Waals surface area contributed by atoms with Crippen LogP contribution in [-0.4, -0.2) is 16.8 Å². The van der Waals surface area contributed by atoms with Crippen LogP contribution in [0, 0.1) is 0 Å². The molecule has 4 nitrogen and oxygen atoms in total. The van der Waals surface area contributed by atoms with Crippen LogP contribution >= 0.6 is 77.4 Å². The van der Waals surface area contributed by atoms with E-state index in [-0.39, 0.29) is 12.4 Å². The highest BCUT2D eigenvalue weighted by Gasteiger charge is 0.914. The van der Waals surface area contributed by atoms with Gasteiger partial charge in [0, 0.05) is 0 Å². The van der Waals surface area contributed by atoms with E-state index in [1.165, 1.54) is 0 Å². The van der Waals surface area contributed by atoms with Crippen LogP contribution in [0.5, 0.6) is 0 Å². The van der Waals surface area contributed by atoms with Crippen LogP contribution in [0.2, 0.25) is 0 Å². The summed E-state index contributed by atoms with van der Waals surface area (Å²) in [6.07, 6.45) is 0. The van der Waals surface area contributed by atoms with Gasteiger partial charge in [0.2, 0.25) is 0 Å². The van der Waals surface area contributed by atoms with Gasteiger partial charge in [0.1, 0.15) is 0 Å². The highest BCUT2D eigenvalue weighted by molar-refractivity contribution is 9.05. The summed E-state index contributed by atoms with van der Waals surface area (Å²) >= 11 is 7.75. The molecule has 0 atom stereocenters. The van der Waals surface area contributed by atoms with Gasteiger partial charge in [0.25, 0.3) is 0 Å². The van der Waals surface area contributed by atoms with Crippen LogP contribution in [0.15, 0.2) is 0 Å². The maximum atomic E-state index is 6.81. The van der Waals surface area contributed by atoms with E-state index < -0.39 is 0 Å². The highest BCUT2D eigenvalue weighted by Crippen LogP contribution is 1.43. The summed E-state index contributed by atoms with van der Waals surface area (Å²) in [7, 11) is 0. The fourth-order valence-electron chi connectivity index (χ4n) is 0. The molecule has 0 fully saturated rings. The molecule has 0 aliphatic carbocycles. The zero-order chi connectivity index (χ0) is 8.00. The van der Waals surface area contributed by atoms with E-state index in [0.717, 1.165) is 0 Å². The largest absolute Gasteiger partial charge is 0.324 e. The Morgan fingerprint density at radius 1 is 0.444 bits per heavy atom. The third-order valence-corrected chi connectivity index (χ3v) is 0. The molecule has 0 radical (unpaired) electrons. The zero-order valence-electron chi connectivity index (χ0n) is 3.71. The number of hydrogen-bond donors (Lipinski definition) is 4. The molecular formula is H5Br4ClO4. The van der Waals surface area contributed by atoms with Gasteiger partial charge in [-0.05, 0) is 0 Å². The van der Waals surface area contributed by atoms with E-state index in [2.05, 4.69) is 0 Å². The summed E-state index contributed by atoms with van der Waals surface area (Å²) in [5, 5.41) is 0. The molecule has 0 heterocycles. The second-order valence-electron chi connectivity index (χ2n) is 0. The minimum absolute atomic E-state index is 0. The van der Waals surface area contributed by atoms with Crippen molar-refractivity contribution in [1.82, 2.24) is 0 Å². The molecule has 9 heteroatoms. The van der Waals surface area contributed by atoms with Crippen LogP contribution in [0.1, 0.15) is 0 Å². The first kappa shape index (κ1) is 30.5. The molecule has 0 spiro atoms. The minimum atomic E-state index is 0. The van der Waals surface area contributed by atoms with Gasteiger partial charge in [-0.15, -0.1) is 12.4 Å². The predicted molar refractivity (Wildman–Crippen MR) is 51.8 cm³/mol. The Balaban J connectivity index is -0.00000000762. The Morgan fingerprint density at radius 2 is 0.444 bits per heavy atom. The van der Waals surface area contributed by atoms with Crippen LogP contribution in [0.3, 0.4) is 0 Å². The Kier molecular flexibility index (Phi) is 664. The van der Waals surface area contributed by atoms with Crippen molar-refractivity contribution in [2.75, 3.05) is 0 Å². The molecule has 0 bridgehead atoms. The molecule has 0 aromatic rings. The number of rotatable bonds is 0. The molecule has 0 aromatic carbocycles. The first-order valence-electron chi connectivity index (χ1n) is 0.676. The van der Waals surface area contributed by atoms with Gasteiger partial charge >= 0.3 is 0 Å². The molecule has 4 N–H and O–H groups in total. The van der Waals surface area contributed by atoms with Crippen molar-refractivity contribution in [2.24, 2.45) is 0 Å². The standard InChI is InChI=1S/4BrHO.ClH/c4*1-2;/h4*2H;1H. The van der Waals surface area contributed by atoms with Crippen LogP contribution < -0.4 is 0 Å². The summed E-state index contributed by atoms with van der Waals surface area (Å²) in [6.45, 7) is 0. The fourth-order valence-corrected chi connectivity index (χ4v) is 0. The lowest BCUT2D eigenvalue weighted by molar-refractivity contribution is 0.701. The molecular weight excluding hydrogens is 419 g/mol. The van der Waals surface area contributed by atoms with E-state index in [1.54, 1.807) is 0 Å². The third-order valence-electron chi connectivity index (χ3n) is 0. The van der Waals surface area contributed by atoms with Crippen LogP contribution in [-0.2, 0) is 0 Å². The zero-order valence-corrected chi connectivity index (χ0v) is 10.9. The molecule has 64 valence electrons. The predicted octanol–water partition coefficient (Wildman–Crippen LogP) is 1.58. The molecule has 0 saturated carbocycles. The number of hydrogen-bond acceptors (Lipinski definition) is 4. The lowest BCUT2D eigenvalue weighted by atomic mass is 16.0. The van der Waals surface area contributed by atoms with Crippen molar-refractivity contribution in [1.29, 1.82) is 0 Å². The molecule has 0 aliphatic heterocycles. The molecule has 0 unspecified atom stereocenters. The van der Waals surface area contributed by atoms with E-state index in [4.69, 9.17) is 16.8 Å². The van der Waals surface area contributed by atoms with Gasteiger partial charge < -0.3 is 16.8 Å². The van der Waals surface area contributed by atoms with Crippen molar-refractivity contribution in [3.05, 3.63) is 0 Å². The van der Waals surface area contributed by atoms with E-state index in [9.17, 15) is 0 Å². The van der Waals surface area contributed by atoms with E-state index in [0.29, 0.717) is 0 Å². The van der Waals surface area contributed by atoms with Gasteiger partial charge in [-0.2, -0.15) is 0 Å². The topological polar surface area (TPSA) is 80.9 Å². The molecule has 0 saturated heterocycles. The monoisotopic (exact) mass is 420 g/mol. The maximum Gasteiger partial charge on any atom is 0.0957 e. The maximum absolute atomic E-state index is 6.81. The lowest BCUT2D eigenvalue weighted by Gasteiger charge is -1.14. The van der Waals surface area contributed by atoms with Crippen molar-refractivity contribution in [3.63, 3.8) is 0 Å². The van der Waals surface area contributed by atoms with Gasteiger partial charge in [-0.3, -0.25) is 0 Å². The average Bonchev–Trinajstić information content (AvgIpc) is 2.03. The van der Waals surface area contributed by atoms with Crippen molar-refractivity contribution < 1.29 is 16.8 Å². The Morgan fingerprint density at radius 3 is 0.444 bits per heavy atom. The average molecular weight is 424 g/mol. The lowest BCUT2D eigenvalue weighted by Crippen LogP contribution is -0.872. The molecule has 9 heavy (non-hydrogen) atoms. The Hall–Kier alpha value is 2.05. The quantitative estimate of drug-likeness (QED) is 0.476. The van der Waals surface area contributed by atoms with Gasteiger partial charge in [0.05, 0.1) is 65.0 Å². The summed E-state index contributed by atoms with van der Waals surface area (Å²) in [5.74, 6) is 0. The molecule has 0 aromatic heterocycles. The Bertz CT molecular complexity index is 12.5. The molecule has 0 rings (SSSR count). The first-order chi connectivity index (χ1) is 4.00. The summed E-state index contributed by atoms with van der Waals surface area (Å²) in [4.78, 5) is 0. The highest BCUT2D eigenvalue weighted by atomic mass is 79.9. The minimum Gasteiger partial charge on any atom is -0.324 e. The Labute approximate surface area is 93.5 Å². The molecule has 0 amide bonds. The van der Waals surface area contributed by atoms with Crippen LogP contribution in [0.25, 0.3) is 0 Å².